The molecule has 0 heterocycles. The fourth-order valence-corrected chi connectivity index (χ4v) is 184. The molecule has 0 aliphatic carbocycles. The van der Waals surface area contributed by atoms with E-state index in [0.717, 1.165) is 7.96 Å². The molecule has 0 aromatic rings. The average molecular weight is 623 g/mol. The van der Waals surface area contributed by atoms with Gasteiger partial charge in [-0.25, -0.2) is 0 Å². The monoisotopic (exact) mass is 623 g/mol. The molecule has 0 aromatic carbocycles. The van der Waals surface area contributed by atoms with E-state index in [2.05, 4.69) is 84.5 Å². The normalized spacial score (nSPS) is 17.9. The molecule has 1 nitrogen and oxygen atoms in total. The summed E-state index contributed by atoms with van der Waals surface area (Å²) in [5, 5.41) is 0. The van der Waals surface area contributed by atoms with Gasteiger partial charge in [0, 0.05) is 26.4 Å². The zero-order valence-corrected chi connectivity index (χ0v) is 29.5. The van der Waals surface area contributed by atoms with Crippen molar-refractivity contribution in [3.63, 3.8) is 0 Å². The van der Waals surface area contributed by atoms with Gasteiger partial charge in [0.2, 0.25) is 0 Å². The Labute approximate surface area is 160 Å². The average Bonchev–Trinajstić information content (AvgIpc) is 2.31. The van der Waals surface area contributed by atoms with Crippen LogP contribution in [0.25, 0.3) is 0 Å². The van der Waals surface area contributed by atoms with Gasteiger partial charge in [0.05, 0.1) is 7.45 Å². The molecule has 13 unspecified atom stereocenters. The summed E-state index contributed by atoms with van der Waals surface area (Å²) in [6.45, 7) is -0.378. The minimum atomic E-state index is -0.338. The van der Waals surface area contributed by atoms with Crippen LogP contribution in [0.1, 0.15) is 0 Å². The van der Waals surface area contributed by atoms with Crippen molar-refractivity contribution in [2.45, 2.75) is 0 Å². The van der Waals surface area contributed by atoms with E-state index >= 15 is 0 Å². The quantitative estimate of drug-likeness (QED) is 0.233. The maximum Gasteiger partial charge on any atom is 0.0989 e. The van der Waals surface area contributed by atoms with Crippen molar-refractivity contribution in [1.82, 2.24) is 0 Å². The maximum atomic E-state index is 5.30. The molecule has 20 heavy (non-hydrogen) atoms. The van der Waals surface area contributed by atoms with Crippen LogP contribution in [0.4, 0.5) is 0 Å². The van der Waals surface area contributed by atoms with Gasteiger partial charge in [-0.15, -0.1) is 80.4 Å². The highest BCUT2D eigenvalue weighted by Gasteiger charge is 2.41. The molecule has 0 radical (unpaired) electrons. The zero-order chi connectivity index (χ0) is 16.0. The van der Waals surface area contributed by atoms with E-state index in [9.17, 15) is 0 Å². The van der Waals surface area contributed by atoms with Gasteiger partial charge in [-0.1, -0.05) is 7.96 Å². The first-order valence-electron chi connectivity index (χ1n) is 4.36. The minimum Gasteiger partial charge on any atom is -0.185 e. The Kier molecular flexibility index (Phi) is 21.6. The lowest BCUT2D eigenvalue weighted by molar-refractivity contribution is 2.10. The first-order valence-corrected chi connectivity index (χ1v) is 36.9. The molecule has 0 aromatic heterocycles. The van der Waals surface area contributed by atoms with Gasteiger partial charge in [0.1, 0.15) is 0 Å². The van der Waals surface area contributed by atoms with E-state index in [4.69, 9.17) is 12.4 Å². The van der Waals surface area contributed by atoms with Crippen molar-refractivity contribution in [2.24, 2.45) is 4.13 Å². The molecule has 0 spiro atoms. The van der Waals surface area contributed by atoms with Crippen molar-refractivity contribution < 1.29 is 0 Å². The van der Waals surface area contributed by atoms with E-state index in [1.807, 2.05) is 0 Å². The number of hydrogen-bond acceptors (Lipinski definition) is 2. The van der Waals surface area contributed by atoms with Crippen LogP contribution in [0.5, 0.6) is 0 Å². The Balaban J connectivity index is 5.54. The Morgan fingerprint density at radius 1 is 0.700 bits per heavy atom. The number of nitrogens with zero attached hydrogens (tertiary/aromatic N) is 1. The molecular formula is H19NP18S. The van der Waals surface area contributed by atoms with Crippen LogP contribution in [0.15, 0.2) is 4.13 Å². The van der Waals surface area contributed by atoms with Gasteiger partial charge in [0.25, 0.3) is 0 Å². The van der Waals surface area contributed by atoms with Crippen molar-refractivity contribution >= 4 is 157 Å². The Morgan fingerprint density at radius 2 is 1.10 bits per heavy atom. The van der Waals surface area contributed by atoms with Crippen LogP contribution in [-0.2, 0) is 12.4 Å². The highest BCUT2D eigenvalue weighted by atomic mass is 33.3. The van der Waals surface area contributed by atoms with Crippen molar-refractivity contribution in [2.75, 3.05) is 0 Å². The van der Waals surface area contributed by atoms with Gasteiger partial charge in [-0.3, -0.25) is 0 Å². The fraction of sp³-hybridized carbons (Fsp3) is 0. The van der Waals surface area contributed by atoms with Crippen LogP contribution in [0.3, 0.4) is 0 Å². The predicted molar refractivity (Wildman–Crippen MR) is 161 cm³/mol. The third-order valence-electron chi connectivity index (χ3n) is 1.52. The van der Waals surface area contributed by atoms with Crippen LogP contribution in [0.2, 0.25) is 0 Å². The van der Waals surface area contributed by atoms with Gasteiger partial charge in [0.15, 0.2) is 0 Å². The Bertz CT molecular complexity index is 263. The highest BCUT2D eigenvalue weighted by molar-refractivity contribution is 9.28. The molecule has 0 saturated carbocycles. The third-order valence-corrected chi connectivity index (χ3v) is 110. The molecule has 0 saturated heterocycles. The van der Waals surface area contributed by atoms with E-state index in [1.165, 1.54) is 0 Å². The summed E-state index contributed by atoms with van der Waals surface area (Å²) in [7, 11) is 28.1. The fourth-order valence-electron chi connectivity index (χ4n) is 0.918. The molecule has 0 amide bonds. The van der Waals surface area contributed by atoms with E-state index in [-0.39, 0.29) is 56.4 Å². The number of hydrogen-bond donors (Lipinski definition) is 0. The summed E-state index contributed by atoms with van der Waals surface area (Å²) >= 11 is 5.30. The minimum absolute atomic E-state index is 0.0218. The molecule has 120 valence electrons. The summed E-state index contributed by atoms with van der Waals surface area (Å²) in [5.74, 6) is 0. The van der Waals surface area contributed by atoms with E-state index < -0.39 is 0 Å². The maximum absolute atomic E-state index is 5.30. The SMILES string of the molecule is PPP(P(P)P)P(P(P)P)P(N=S)P(P(P)P)P(P)P. The Morgan fingerprint density at radius 3 is 1.30 bits per heavy atom. The third kappa shape index (κ3) is 9.99. The second-order valence-corrected chi connectivity index (χ2v) is 71.6. The van der Waals surface area contributed by atoms with Crippen LogP contribution < -0.4 is 0 Å². The largest absolute Gasteiger partial charge is 0.185 e. The van der Waals surface area contributed by atoms with Crippen LogP contribution in [-0.4, -0.2) is 0 Å². The van der Waals surface area contributed by atoms with Gasteiger partial charge >= 0.3 is 0 Å². The Hall–Kier alpha value is 7.76. The predicted octanol–water partition coefficient (Wildman–Crippen LogP) is 10.6. The summed E-state index contributed by atoms with van der Waals surface area (Å²) in [4.78, 5) is 0. The lowest BCUT2D eigenvalue weighted by Crippen LogP contribution is -1.58. The van der Waals surface area contributed by atoms with E-state index in [1.54, 1.807) is 0 Å². The van der Waals surface area contributed by atoms with Crippen molar-refractivity contribution in [3.05, 3.63) is 0 Å². The first-order chi connectivity index (χ1) is 9.18. The highest BCUT2D eigenvalue weighted by Crippen LogP contribution is 3.25. The molecule has 0 N–H and O–H groups in total. The second kappa shape index (κ2) is 15.6. The molecule has 20 heteroatoms. The summed E-state index contributed by atoms with van der Waals surface area (Å²) in [6, 6.07) is 0. The van der Waals surface area contributed by atoms with E-state index in [0.29, 0.717) is 0 Å². The smallest absolute Gasteiger partial charge is 0.0989 e. The topological polar surface area (TPSA) is 12.4 Å². The molecular weight excluding hydrogens is 604 g/mol. The van der Waals surface area contributed by atoms with Gasteiger partial charge in [-0.05, 0) is 34.9 Å². The second-order valence-electron chi connectivity index (χ2n) is 2.83. The molecule has 0 fully saturated rings. The van der Waals surface area contributed by atoms with Crippen LogP contribution in [0, 0.1) is 0 Å². The summed E-state index contributed by atoms with van der Waals surface area (Å²) in [6.07, 6.45) is 0. The first kappa shape index (κ1) is 27.8. The van der Waals surface area contributed by atoms with Gasteiger partial charge < -0.3 is 0 Å². The lowest BCUT2D eigenvalue weighted by Gasteiger charge is -2.40. The molecule has 0 aliphatic rings. The van der Waals surface area contributed by atoms with Crippen molar-refractivity contribution in [3.8, 4) is 0 Å². The lowest BCUT2D eigenvalue weighted by atomic mass is 13.9. The molecule has 13 atom stereocenters. The number of rotatable bonds is 9. The zero-order valence-electron chi connectivity index (χ0n) is 10.1. The standard InChI is InChI=1S/H19NP18S/c2-11-17(13(3)4)19(16(9)10)12(1-20)18(14(5)6)15(7)8/h11H,2-10H2. The summed E-state index contributed by atoms with van der Waals surface area (Å²) < 4.78 is 4.58. The molecule has 0 rings (SSSR count). The molecule has 0 aliphatic heterocycles. The van der Waals surface area contributed by atoms with Crippen LogP contribution >= 0.6 is 145 Å². The molecule has 0 bridgehead atoms. The van der Waals surface area contributed by atoms with Crippen molar-refractivity contribution in [1.29, 1.82) is 0 Å². The van der Waals surface area contributed by atoms with Gasteiger partial charge in [-0.2, -0.15) is 4.13 Å². The summed E-state index contributed by atoms with van der Waals surface area (Å²) in [5.41, 5.74) is 0.